The van der Waals surface area contributed by atoms with Crippen molar-refractivity contribution < 1.29 is 18.0 Å². The number of nitrogens with zero attached hydrogens (tertiary/aromatic N) is 3. The number of amides is 1. The fraction of sp³-hybridized carbons (Fsp3) is 0.250. The highest BCUT2D eigenvalue weighted by molar-refractivity contribution is 6.00. The van der Waals surface area contributed by atoms with Crippen LogP contribution in [0.1, 0.15) is 52.5 Å². The van der Waals surface area contributed by atoms with Crippen molar-refractivity contribution in [1.82, 2.24) is 24.9 Å². The summed E-state index contributed by atoms with van der Waals surface area (Å²) in [5.41, 5.74) is 3.75. The van der Waals surface area contributed by atoms with E-state index in [4.69, 9.17) is 0 Å². The van der Waals surface area contributed by atoms with Crippen molar-refractivity contribution in [3.05, 3.63) is 88.9 Å². The quantitative estimate of drug-likeness (QED) is 0.284. The molecule has 0 aliphatic heterocycles. The van der Waals surface area contributed by atoms with Crippen molar-refractivity contribution >= 4 is 22.5 Å². The summed E-state index contributed by atoms with van der Waals surface area (Å²) in [5, 5.41) is 7.74. The molecule has 6 nitrogen and oxygen atoms in total. The molecule has 0 aliphatic carbocycles. The third-order valence-electron chi connectivity index (χ3n) is 6.48. The van der Waals surface area contributed by atoms with Crippen LogP contribution in [0.2, 0.25) is 0 Å². The van der Waals surface area contributed by atoms with Crippen LogP contribution < -0.4 is 5.32 Å². The summed E-state index contributed by atoms with van der Waals surface area (Å²) in [6, 6.07) is 14.3. The van der Waals surface area contributed by atoms with Gasteiger partial charge in [0.05, 0.1) is 11.9 Å². The Labute approximate surface area is 211 Å². The Hall–Kier alpha value is -4.14. The number of aryl methyl sites for hydroxylation is 1. The third-order valence-corrected chi connectivity index (χ3v) is 6.48. The number of aromatic nitrogens is 4. The van der Waals surface area contributed by atoms with Crippen molar-refractivity contribution in [2.24, 2.45) is 0 Å². The van der Waals surface area contributed by atoms with Gasteiger partial charge in [-0.15, -0.1) is 0 Å². The average molecular weight is 506 g/mol. The number of carbonyl (C=O) groups is 1. The second-order valence-corrected chi connectivity index (χ2v) is 9.46. The molecule has 0 saturated carbocycles. The Balaban J connectivity index is 1.44. The molecule has 0 spiro atoms. The van der Waals surface area contributed by atoms with Crippen molar-refractivity contribution in [2.45, 2.75) is 39.3 Å². The number of alkyl halides is 3. The standard InChI is InChI=1S/C28H26F3N5O/c1-16(2)18-5-7-19(8-6-18)24-13-25(28(29,30)31)36-26(35-24)22(15-34-36)27(37)32-11-10-20-14-33-23-9-4-17(3)12-21(20)23/h4-9,12-16,33H,10-11H2,1-3H3,(H,32,37). The minimum Gasteiger partial charge on any atom is -0.361 e. The lowest BCUT2D eigenvalue weighted by Crippen LogP contribution is -2.26. The van der Waals surface area contributed by atoms with Gasteiger partial charge in [-0.25, -0.2) is 9.50 Å². The van der Waals surface area contributed by atoms with Crippen LogP contribution in [0.15, 0.2) is 60.9 Å². The lowest BCUT2D eigenvalue weighted by molar-refractivity contribution is -0.142. The number of rotatable bonds is 6. The maximum Gasteiger partial charge on any atom is 0.433 e. The van der Waals surface area contributed by atoms with Gasteiger partial charge in [-0.3, -0.25) is 4.79 Å². The van der Waals surface area contributed by atoms with E-state index in [1.165, 1.54) is 0 Å². The molecule has 1 amide bonds. The van der Waals surface area contributed by atoms with Gasteiger partial charge in [0, 0.05) is 29.2 Å². The lowest BCUT2D eigenvalue weighted by atomic mass is 10.0. The van der Waals surface area contributed by atoms with Crippen LogP contribution in [0.25, 0.3) is 27.8 Å². The molecular weight excluding hydrogens is 479 g/mol. The Morgan fingerprint density at radius 3 is 2.57 bits per heavy atom. The minimum atomic E-state index is -4.68. The molecule has 0 atom stereocenters. The van der Waals surface area contributed by atoms with Crippen molar-refractivity contribution in [3.8, 4) is 11.3 Å². The third kappa shape index (κ3) is 4.81. The highest BCUT2D eigenvalue weighted by Crippen LogP contribution is 2.33. The first-order chi connectivity index (χ1) is 17.6. The maximum absolute atomic E-state index is 13.9. The van der Waals surface area contributed by atoms with Gasteiger partial charge in [0.1, 0.15) is 5.56 Å². The summed E-state index contributed by atoms with van der Waals surface area (Å²) in [4.78, 5) is 20.6. The summed E-state index contributed by atoms with van der Waals surface area (Å²) < 4.78 is 42.4. The molecule has 9 heteroatoms. The lowest BCUT2D eigenvalue weighted by Gasteiger charge is -2.12. The van der Waals surface area contributed by atoms with Gasteiger partial charge in [0.25, 0.3) is 5.91 Å². The second-order valence-electron chi connectivity index (χ2n) is 9.46. The van der Waals surface area contributed by atoms with Crippen LogP contribution >= 0.6 is 0 Å². The van der Waals surface area contributed by atoms with Crippen molar-refractivity contribution in [3.63, 3.8) is 0 Å². The normalized spacial score (nSPS) is 12.1. The summed E-state index contributed by atoms with van der Waals surface area (Å²) in [7, 11) is 0. The van der Waals surface area contributed by atoms with Gasteiger partial charge in [-0.1, -0.05) is 49.7 Å². The summed E-state index contributed by atoms with van der Waals surface area (Å²) >= 11 is 0. The minimum absolute atomic E-state index is 0.0130. The molecule has 37 heavy (non-hydrogen) atoms. The molecule has 2 N–H and O–H groups in total. The molecule has 5 aromatic rings. The summed E-state index contributed by atoms with van der Waals surface area (Å²) in [6.45, 7) is 6.40. The fourth-order valence-electron chi connectivity index (χ4n) is 4.42. The van der Waals surface area contributed by atoms with Gasteiger partial charge in [0.15, 0.2) is 11.3 Å². The highest BCUT2D eigenvalue weighted by atomic mass is 19.4. The van der Waals surface area contributed by atoms with Crippen LogP contribution in [0, 0.1) is 6.92 Å². The molecule has 2 aromatic carbocycles. The van der Waals surface area contributed by atoms with Gasteiger partial charge in [-0.2, -0.15) is 18.3 Å². The molecule has 0 bridgehead atoms. The van der Waals surface area contributed by atoms with E-state index < -0.39 is 17.8 Å². The van der Waals surface area contributed by atoms with E-state index in [9.17, 15) is 18.0 Å². The Morgan fingerprint density at radius 1 is 1.11 bits per heavy atom. The predicted octanol–water partition coefficient (Wildman–Crippen LogP) is 6.30. The Morgan fingerprint density at radius 2 is 1.86 bits per heavy atom. The number of H-pyrrole nitrogens is 1. The SMILES string of the molecule is Cc1ccc2[nH]cc(CCNC(=O)c3cnn4c(C(F)(F)F)cc(-c5ccc(C(C)C)cc5)nc34)c2c1. The molecular formula is C28H26F3N5O. The Bertz CT molecular complexity index is 1600. The van der Waals surface area contributed by atoms with Crippen LogP contribution in [0.3, 0.4) is 0 Å². The number of fused-ring (bicyclic) bond motifs is 2. The molecule has 5 rings (SSSR count). The monoisotopic (exact) mass is 505 g/mol. The first-order valence-electron chi connectivity index (χ1n) is 12.0. The highest BCUT2D eigenvalue weighted by Gasteiger charge is 2.36. The van der Waals surface area contributed by atoms with Gasteiger partial charge in [0.2, 0.25) is 0 Å². The Kier molecular flexibility index (Phi) is 6.23. The average Bonchev–Trinajstić information content (AvgIpc) is 3.47. The number of nitrogens with one attached hydrogen (secondary N) is 2. The molecule has 0 saturated heterocycles. The van der Waals surface area contributed by atoms with Crippen LogP contribution in [-0.2, 0) is 12.6 Å². The van der Waals surface area contributed by atoms with E-state index in [-0.39, 0.29) is 22.8 Å². The number of hydrogen-bond donors (Lipinski definition) is 2. The first-order valence-corrected chi connectivity index (χ1v) is 12.0. The molecule has 0 radical (unpaired) electrons. The van der Waals surface area contributed by atoms with E-state index in [1.807, 2.05) is 51.2 Å². The fourth-order valence-corrected chi connectivity index (χ4v) is 4.42. The van der Waals surface area contributed by atoms with Gasteiger partial charge >= 0.3 is 6.18 Å². The zero-order valence-corrected chi connectivity index (χ0v) is 20.6. The van der Waals surface area contributed by atoms with E-state index in [0.717, 1.165) is 39.9 Å². The number of hydrogen-bond acceptors (Lipinski definition) is 3. The molecule has 0 aliphatic rings. The van der Waals surface area contributed by atoms with E-state index in [2.05, 4.69) is 26.4 Å². The zero-order chi connectivity index (χ0) is 26.3. The van der Waals surface area contributed by atoms with Crippen LogP contribution in [0.5, 0.6) is 0 Å². The largest absolute Gasteiger partial charge is 0.433 e. The molecule has 0 unspecified atom stereocenters. The van der Waals surface area contributed by atoms with Crippen LogP contribution in [-0.4, -0.2) is 32.0 Å². The summed E-state index contributed by atoms with van der Waals surface area (Å²) in [5.74, 6) is -0.243. The van der Waals surface area contributed by atoms with Crippen LogP contribution in [0.4, 0.5) is 13.2 Å². The van der Waals surface area contributed by atoms with E-state index in [1.54, 1.807) is 12.1 Å². The molecule has 190 valence electrons. The maximum atomic E-state index is 13.9. The first kappa shape index (κ1) is 24.5. The van der Waals surface area contributed by atoms with E-state index >= 15 is 0 Å². The molecule has 3 aromatic heterocycles. The topological polar surface area (TPSA) is 75.1 Å². The molecule has 3 heterocycles. The van der Waals surface area contributed by atoms with Crippen molar-refractivity contribution in [1.29, 1.82) is 0 Å². The number of carbonyl (C=O) groups excluding carboxylic acids is 1. The number of aromatic amines is 1. The van der Waals surface area contributed by atoms with Gasteiger partial charge in [-0.05, 0) is 48.6 Å². The van der Waals surface area contributed by atoms with E-state index in [0.29, 0.717) is 23.0 Å². The number of benzene rings is 2. The predicted molar refractivity (Wildman–Crippen MR) is 137 cm³/mol. The second kappa shape index (κ2) is 9.38. The van der Waals surface area contributed by atoms with Crippen molar-refractivity contribution in [2.75, 3.05) is 6.54 Å². The smallest absolute Gasteiger partial charge is 0.361 e. The van der Waals surface area contributed by atoms with Gasteiger partial charge < -0.3 is 10.3 Å². The zero-order valence-electron chi connectivity index (χ0n) is 20.6. The summed E-state index contributed by atoms with van der Waals surface area (Å²) in [6.07, 6.45) is -1.09. The number of halogens is 3. The molecule has 0 fully saturated rings.